The van der Waals surface area contributed by atoms with Gasteiger partial charge in [-0.15, -0.1) is 6.58 Å². The van der Waals surface area contributed by atoms with Crippen molar-refractivity contribution in [3.05, 3.63) is 42.0 Å². The van der Waals surface area contributed by atoms with E-state index in [0.29, 0.717) is 12.0 Å². The third-order valence-corrected chi connectivity index (χ3v) is 2.80. The third kappa shape index (κ3) is 2.43. The number of hydrogen-bond acceptors (Lipinski definition) is 2. The molecular weight excluding hydrogens is 200 g/mol. The minimum Gasteiger partial charge on any atom is -0.282 e. The second kappa shape index (κ2) is 3.94. The molecule has 0 aliphatic heterocycles. The molecule has 0 aliphatic rings. The number of hydrogen-bond donors (Lipinski definition) is 1. The standard InChI is InChI=1S/C10H12O3S/c1-3-4-9-6-5-8(2)7-10(9)14(11,12)13/h3,5-7H,1,4H2,2H3,(H,11,12,13). The van der Waals surface area contributed by atoms with Gasteiger partial charge in [-0.05, 0) is 30.5 Å². The van der Waals surface area contributed by atoms with Crippen LogP contribution in [-0.4, -0.2) is 13.0 Å². The quantitative estimate of drug-likeness (QED) is 0.615. The molecule has 1 N–H and O–H groups in total. The summed E-state index contributed by atoms with van der Waals surface area (Å²) in [5, 5.41) is 0. The van der Waals surface area contributed by atoms with Crippen LogP contribution in [0.2, 0.25) is 0 Å². The van der Waals surface area contributed by atoms with Gasteiger partial charge >= 0.3 is 0 Å². The summed E-state index contributed by atoms with van der Waals surface area (Å²) in [6.07, 6.45) is 2.02. The molecule has 0 bridgehead atoms. The molecule has 0 aromatic heterocycles. The van der Waals surface area contributed by atoms with Crippen LogP contribution >= 0.6 is 0 Å². The molecule has 0 amide bonds. The number of aryl methyl sites for hydroxylation is 1. The lowest BCUT2D eigenvalue weighted by Gasteiger charge is -2.05. The largest absolute Gasteiger partial charge is 0.294 e. The predicted molar refractivity (Wildman–Crippen MR) is 54.9 cm³/mol. The van der Waals surface area contributed by atoms with Gasteiger partial charge in [0.15, 0.2) is 0 Å². The molecule has 0 fully saturated rings. The maximum absolute atomic E-state index is 11.0. The molecule has 1 rings (SSSR count). The lowest BCUT2D eigenvalue weighted by Crippen LogP contribution is -2.03. The normalized spacial score (nSPS) is 11.3. The zero-order chi connectivity index (χ0) is 10.8. The molecule has 0 atom stereocenters. The van der Waals surface area contributed by atoms with Gasteiger partial charge in [-0.1, -0.05) is 18.2 Å². The van der Waals surface area contributed by atoms with E-state index in [1.165, 1.54) is 6.07 Å². The first-order chi connectivity index (χ1) is 6.45. The molecule has 3 nitrogen and oxygen atoms in total. The van der Waals surface area contributed by atoms with Crippen LogP contribution in [0.5, 0.6) is 0 Å². The van der Waals surface area contributed by atoms with Crippen molar-refractivity contribution in [3.8, 4) is 0 Å². The Morgan fingerprint density at radius 2 is 2.14 bits per heavy atom. The van der Waals surface area contributed by atoms with Gasteiger partial charge in [0.05, 0.1) is 4.90 Å². The van der Waals surface area contributed by atoms with Gasteiger partial charge < -0.3 is 0 Å². The topological polar surface area (TPSA) is 54.4 Å². The molecule has 76 valence electrons. The fraction of sp³-hybridized carbons (Fsp3) is 0.200. The molecule has 0 saturated carbocycles. The first-order valence-corrected chi connectivity index (χ1v) is 5.57. The maximum atomic E-state index is 11.0. The van der Waals surface area contributed by atoms with Gasteiger partial charge in [-0.2, -0.15) is 8.42 Å². The Labute approximate surface area is 83.8 Å². The smallest absolute Gasteiger partial charge is 0.282 e. The van der Waals surface area contributed by atoms with Gasteiger partial charge in [0.1, 0.15) is 0 Å². The van der Waals surface area contributed by atoms with Crippen LogP contribution in [-0.2, 0) is 16.5 Å². The highest BCUT2D eigenvalue weighted by molar-refractivity contribution is 7.85. The van der Waals surface area contributed by atoms with Gasteiger partial charge in [0, 0.05) is 0 Å². The second-order valence-corrected chi connectivity index (χ2v) is 4.47. The zero-order valence-electron chi connectivity index (χ0n) is 7.90. The fourth-order valence-electron chi connectivity index (χ4n) is 1.23. The van der Waals surface area contributed by atoms with Crippen molar-refractivity contribution in [1.82, 2.24) is 0 Å². The monoisotopic (exact) mass is 212 g/mol. The summed E-state index contributed by atoms with van der Waals surface area (Å²) >= 11 is 0. The minimum absolute atomic E-state index is 0.0302. The van der Waals surface area contributed by atoms with E-state index in [4.69, 9.17) is 4.55 Å². The van der Waals surface area contributed by atoms with Crippen LogP contribution in [0.1, 0.15) is 11.1 Å². The van der Waals surface area contributed by atoms with E-state index < -0.39 is 10.1 Å². The van der Waals surface area contributed by atoms with Gasteiger partial charge in [-0.25, -0.2) is 0 Å². The van der Waals surface area contributed by atoms with Crippen molar-refractivity contribution in [2.75, 3.05) is 0 Å². The molecule has 0 spiro atoms. The summed E-state index contributed by atoms with van der Waals surface area (Å²) in [4.78, 5) is -0.0302. The molecule has 14 heavy (non-hydrogen) atoms. The second-order valence-electron chi connectivity index (χ2n) is 3.08. The van der Waals surface area contributed by atoms with E-state index in [2.05, 4.69) is 6.58 Å². The number of rotatable bonds is 3. The summed E-state index contributed by atoms with van der Waals surface area (Å²) in [5.74, 6) is 0. The third-order valence-electron chi connectivity index (χ3n) is 1.86. The number of benzene rings is 1. The van der Waals surface area contributed by atoms with E-state index in [0.717, 1.165) is 5.56 Å². The maximum Gasteiger partial charge on any atom is 0.294 e. The van der Waals surface area contributed by atoms with E-state index in [1.54, 1.807) is 25.1 Å². The first-order valence-electron chi connectivity index (χ1n) is 4.13. The average Bonchev–Trinajstić information content (AvgIpc) is 2.07. The van der Waals surface area contributed by atoms with Crippen LogP contribution in [0, 0.1) is 6.92 Å². The molecular formula is C10H12O3S. The van der Waals surface area contributed by atoms with E-state index in [9.17, 15) is 8.42 Å². The van der Waals surface area contributed by atoms with Gasteiger partial charge in [0.25, 0.3) is 10.1 Å². The van der Waals surface area contributed by atoms with E-state index in [1.807, 2.05) is 0 Å². The minimum atomic E-state index is -4.13. The molecule has 0 unspecified atom stereocenters. The Kier molecular flexibility index (Phi) is 3.08. The van der Waals surface area contributed by atoms with Crippen LogP contribution < -0.4 is 0 Å². The highest BCUT2D eigenvalue weighted by atomic mass is 32.2. The Bertz CT molecular complexity index is 446. The van der Waals surface area contributed by atoms with E-state index in [-0.39, 0.29) is 4.90 Å². The lowest BCUT2D eigenvalue weighted by molar-refractivity contribution is 0.482. The van der Waals surface area contributed by atoms with Crippen molar-refractivity contribution in [3.63, 3.8) is 0 Å². The van der Waals surface area contributed by atoms with Crippen LogP contribution in [0.4, 0.5) is 0 Å². The van der Waals surface area contributed by atoms with Crippen LogP contribution in [0.3, 0.4) is 0 Å². The summed E-state index contributed by atoms with van der Waals surface area (Å²) in [5.41, 5.74) is 1.36. The molecule has 0 aliphatic carbocycles. The van der Waals surface area contributed by atoms with Crippen LogP contribution in [0.15, 0.2) is 35.7 Å². The molecule has 1 aromatic carbocycles. The number of allylic oxidation sites excluding steroid dienone is 1. The van der Waals surface area contributed by atoms with Gasteiger partial charge in [0.2, 0.25) is 0 Å². The van der Waals surface area contributed by atoms with Crippen LogP contribution in [0.25, 0.3) is 0 Å². The molecule has 0 radical (unpaired) electrons. The van der Waals surface area contributed by atoms with Crippen molar-refractivity contribution in [2.45, 2.75) is 18.2 Å². The Morgan fingerprint density at radius 3 is 2.64 bits per heavy atom. The van der Waals surface area contributed by atoms with Crippen molar-refractivity contribution in [2.24, 2.45) is 0 Å². The first kappa shape index (κ1) is 10.9. The fourth-order valence-corrected chi connectivity index (χ4v) is 2.04. The summed E-state index contributed by atoms with van der Waals surface area (Å²) in [6, 6.07) is 4.93. The molecule has 4 heteroatoms. The summed E-state index contributed by atoms with van der Waals surface area (Å²) in [7, 11) is -4.13. The SMILES string of the molecule is C=CCc1ccc(C)cc1S(=O)(=O)O. The highest BCUT2D eigenvalue weighted by Crippen LogP contribution is 2.18. The van der Waals surface area contributed by atoms with Gasteiger partial charge in [-0.3, -0.25) is 4.55 Å². The Morgan fingerprint density at radius 1 is 1.50 bits per heavy atom. The van der Waals surface area contributed by atoms with Crippen molar-refractivity contribution < 1.29 is 13.0 Å². The zero-order valence-corrected chi connectivity index (χ0v) is 8.71. The van der Waals surface area contributed by atoms with Crippen molar-refractivity contribution in [1.29, 1.82) is 0 Å². The molecule has 1 aromatic rings. The van der Waals surface area contributed by atoms with E-state index >= 15 is 0 Å². The summed E-state index contributed by atoms with van der Waals surface area (Å²) in [6.45, 7) is 5.30. The molecule has 0 saturated heterocycles. The summed E-state index contributed by atoms with van der Waals surface area (Å²) < 4.78 is 31.0. The van der Waals surface area contributed by atoms with Crippen molar-refractivity contribution >= 4 is 10.1 Å². The Hall–Kier alpha value is -1.13. The highest BCUT2D eigenvalue weighted by Gasteiger charge is 2.14. The molecule has 0 heterocycles. The predicted octanol–water partition coefficient (Wildman–Crippen LogP) is 1.97. The lowest BCUT2D eigenvalue weighted by atomic mass is 10.1. The average molecular weight is 212 g/mol. The Balaban J connectivity index is 3.37.